The van der Waals surface area contributed by atoms with Crippen LogP contribution in [0.15, 0.2) is 53.4 Å². The van der Waals surface area contributed by atoms with E-state index in [4.69, 9.17) is 0 Å². The Kier molecular flexibility index (Phi) is 3.90. The van der Waals surface area contributed by atoms with Crippen molar-refractivity contribution in [2.45, 2.75) is 29.8 Å². The number of nitrogens with zero attached hydrogens (tertiary/aromatic N) is 1. The lowest BCUT2D eigenvalue weighted by Gasteiger charge is -2.35. The van der Waals surface area contributed by atoms with Gasteiger partial charge < -0.3 is 5.32 Å². The largest absolute Gasteiger partial charge is 0.317 e. The normalized spacial score (nSPS) is 22.7. The maximum atomic E-state index is 13.3. The fourth-order valence-electron chi connectivity index (χ4n) is 3.41. The minimum Gasteiger partial charge on any atom is -0.317 e. The van der Waals surface area contributed by atoms with E-state index >= 15 is 0 Å². The van der Waals surface area contributed by atoms with Crippen molar-refractivity contribution in [3.05, 3.63) is 65.5 Å². The summed E-state index contributed by atoms with van der Waals surface area (Å²) in [4.78, 5) is 1.33. The number of rotatable bonds is 2. The van der Waals surface area contributed by atoms with E-state index in [1.807, 2.05) is 24.1 Å². The highest BCUT2D eigenvalue weighted by atomic mass is 32.2. The predicted octanol–water partition coefficient (Wildman–Crippen LogP) is 3.99. The smallest absolute Gasteiger partial charge is 0.123 e. The molecule has 0 aliphatic carbocycles. The molecule has 1 saturated heterocycles. The second-order valence-corrected chi connectivity index (χ2v) is 6.97. The highest BCUT2D eigenvalue weighted by molar-refractivity contribution is 7.97. The third kappa shape index (κ3) is 2.56. The number of hydrogen-bond acceptors (Lipinski definition) is 3. The average molecular weight is 314 g/mol. The Balaban J connectivity index is 1.73. The molecule has 22 heavy (non-hydrogen) atoms. The van der Waals surface area contributed by atoms with Crippen LogP contribution in [0.25, 0.3) is 0 Å². The zero-order valence-electron chi connectivity index (χ0n) is 12.3. The molecule has 2 nitrogen and oxygen atoms in total. The van der Waals surface area contributed by atoms with Gasteiger partial charge in [-0.25, -0.2) is 8.70 Å². The molecule has 1 N–H and O–H groups in total. The second kappa shape index (κ2) is 6.03. The van der Waals surface area contributed by atoms with Gasteiger partial charge in [0.25, 0.3) is 0 Å². The van der Waals surface area contributed by atoms with Crippen LogP contribution >= 0.6 is 11.9 Å². The highest BCUT2D eigenvalue weighted by Gasteiger charge is 2.37. The van der Waals surface area contributed by atoms with Gasteiger partial charge in [0.1, 0.15) is 5.82 Å². The summed E-state index contributed by atoms with van der Waals surface area (Å²) in [6.45, 7) is 2.16. The highest BCUT2D eigenvalue weighted by Crippen LogP contribution is 2.49. The van der Waals surface area contributed by atoms with Gasteiger partial charge >= 0.3 is 0 Å². The van der Waals surface area contributed by atoms with Crippen molar-refractivity contribution in [3.63, 3.8) is 0 Å². The summed E-state index contributed by atoms with van der Waals surface area (Å²) in [5.41, 5.74) is 2.52. The van der Waals surface area contributed by atoms with Crippen molar-refractivity contribution < 1.29 is 4.39 Å². The second-order valence-electron chi connectivity index (χ2n) is 5.92. The summed E-state index contributed by atoms with van der Waals surface area (Å²) in [5, 5.41) is 3.44. The van der Waals surface area contributed by atoms with Crippen molar-refractivity contribution in [3.8, 4) is 0 Å². The lowest BCUT2D eigenvalue weighted by molar-refractivity contribution is 0.256. The minimum atomic E-state index is -0.170. The summed E-state index contributed by atoms with van der Waals surface area (Å²) < 4.78 is 15.8. The van der Waals surface area contributed by atoms with Crippen molar-refractivity contribution in [1.29, 1.82) is 0 Å². The van der Waals surface area contributed by atoms with Gasteiger partial charge in [0.05, 0.1) is 6.04 Å². The summed E-state index contributed by atoms with van der Waals surface area (Å²) in [6, 6.07) is 16.4. The van der Waals surface area contributed by atoms with Gasteiger partial charge in [-0.2, -0.15) is 0 Å². The van der Waals surface area contributed by atoms with Crippen LogP contribution in [0.5, 0.6) is 0 Å². The summed E-state index contributed by atoms with van der Waals surface area (Å²) in [5.74, 6) is -0.170. The van der Waals surface area contributed by atoms with Crippen molar-refractivity contribution >= 4 is 11.9 Å². The average Bonchev–Trinajstić information content (AvgIpc) is 2.96. The van der Waals surface area contributed by atoms with Crippen LogP contribution < -0.4 is 5.32 Å². The van der Waals surface area contributed by atoms with Crippen LogP contribution in [-0.4, -0.2) is 23.4 Å². The Morgan fingerprint density at radius 2 is 1.73 bits per heavy atom. The maximum absolute atomic E-state index is 13.3. The van der Waals surface area contributed by atoms with E-state index < -0.39 is 0 Å². The van der Waals surface area contributed by atoms with E-state index in [-0.39, 0.29) is 11.9 Å². The Labute approximate surface area is 134 Å². The number of halogens is 1. The van der Waals surface area contributed by atoms with Crippen molar-refractivity contribution in [2.24, 2.45) is 0 Å². The van der Waals surface area contributed by atoms with Gasteiger partial charge in [-0.15, -0.1) is 0 Å². The van der Waals surface area contributed by atoms with Crippen LogP contribution in [0.4, 0.5) is 4.39 Å². The molecule has 0 amide bonds. The standard InChI is InChI=1S/C18H19FN2S/c19-14-7-5-13(6-8-14)18-16-3-1-2-4-17(16)22-21(18)15-9-11-20-12-10-15/h1-8,15,18,20H,9-12H2. The van der Waals surface area contributed by atoms with Crippen LogP contribution in [0.3, 0.4) is 0 Å². The van der Waals surface area contributed by atoms with E-state index in [1.165, 1.54) is 28.9 Å². The van der Waals surface area contributed by atoms with Gasteiger partial charge in [0.15, 0.2) is 0 Å². The molecule has 1 fully saturated rings. The molecule has 2 aliphatic heterocycles. The fourth-order valence-corrected chi connectivity index (χ4v) is 4.76. The molecule has 114 valence electrons. The molecule has 0 spiro atoms. The SMILES string of the molecule is Fc1ccc(C2c3ccccc3SN2C2CCNCC2)cc1. The molecule has 2 aromatic rings. The predicted molar refractivity (Wildman–Crippen MR) is 88.3 cm³/mol. The molecule has 0 aromatic heterocycles. The van der Waals surface area contributed by atoms with E-state index in [0.29, 0.717) is 6.04 Å². The first kappa shape index (κ1) is 14.2. The van der Waals surface area contributed by atoms with Crippen LogP contribution in [0, 0.1) is 5.82 Å². The molecule has 4 rings (SSSR count). The first-order chi connectivity index (χ1) is 10.8. The molecule has 4 heteroatoms. The molecule has 1 atom stereocenters. The third-order valence-electron chi connectivity index (χ3n) is 4.53. The number of piperidine rings is 1. The summed E-state index contributed by atoms with van der Waals surface area (Å²) >= 11 is 1.86. The molecule has 2 heterocycles. The van der Waals surface area contributed by atoms with Crippen molar-refractivity contribution in [2.75, 3.05) is 13.1 Å². The summed E-state index contributed by atoms with van der Waals surface area (Å²) in [7, 11) is 0. The minimum absolute atomic E-state index is 0.170. The number of benzene rings is 2. The van der Waals surface area contributed by atoms with Crippen LogP contribution in [0.2, 0.25) is 0 Å². The van der Waals surface area contributed by atoms with Gasteiger partial charge in [-0.05, 0) is 67.2 Å². The zero-order valence-corrected chi connectivity index (χ0v) is 13.2. The topological polar surface area (TPSA) is 15.3 Å². The third-order valence-corrected chi connectivity index (χ3v) is 5.81. The van der Waals surface area contributed by atoms with Gasteiger partial charge in [0.2, 0.25) is 0 Å². The number of fused-ring (bicyclic) bond motifs is 1. The molecular weight excluding hydrogens is 295 g/mol. The van der Waals surface area contributed by atoms with E-state index in [0.717, 1.165) is 13.1 Å². The monoisotopic (exact) mass is 314 g/mol. The Hall–Kier alpha value is -1.36. The molecule has 2 aromatic carbocycles. The Morgan fingerprint density at radius 3 is 2.50 bits per heavy atom. The molecular formula is C18H19FN2S. The first-order valence-corrected chi connectivity index (χ1v) is 8.62. The van der Waals surface area contributed by atoms with Gasteiger partial charge in [-0.1, -0.05) is 30.3 Å². The molecule has 2 aliphatic rings. The first-order valence-electron chi connectivity index (χ1n) is 7.84. The Bertz CT molecular complexity index is 652. The summed E-state index contributed by atoms with van der Waals surface area (Å²) in [6.07, 6.45) is 2.33. The van der Waals surface area contributed by atoms with Gasteiger partial charge in [-0.3, -0.25) is 0 Å². The molecule has 0 bridgehead atoms. The fraction of sp³-hybridized carbons (Fsp3) is 0.333. The Morgan fingerprint density at radius 1 is 1.00 bits per heavy atom. The quantitative estimate of drug-likeness (QED) is 0.844. The van der Waals surface area contributed by atoms with E-state index in [9.17, 15) is 4.39 Å². The molecule has 0 saturated carbocycles. The van der Waals surface area contributed by atoms with Crippen LogP contribution in [-0.2, 0) is 0 Å². The number of nitrogens with one attached hydrogen (secondary N) is 1. The lowest BCUT2D eigenvalue weighted by Crippen LogP contribution is -2.40. The van der Waals surface area contributed by atoms with E-state index in [2.05, 4.69) is 33.9 Å². The van der Waals surface area contributed by atoms with Crippen LogP contribution in [0.1, 0.15) is 30.0 Å². The molecule has 1 unspecified atom stereocenters. The zero-order chi connectivity index (χ0) is 14.9. The molecule has 0 radical (unpaired) electrons. The van der Waals surface area contributed by atoms with Crippen molar-refractivity contribution in [1.82, 2.24) is 9.62 Å². The lowest BCUT2D eigenvalue weighted by atomic mass is 9.96. The van der Waals surface area contributed by atoms with E-state index in [1.54, 1.807) is 12.1 Å². The van der Waals surface area contributed by atoms with Gasteiger partial charge in [0, 0.05) is 10.9 Å². The maximum Gasteiger partial charge on any atom is 0.123 e. The number of hydrogen-bond donors (Lipinski definition) is 1.